The number of aliphatic hydroxyl groups excluding tert-OH is 3. The van der Waals surface area contributed by atoms with Crippen LogP contribution in [0.25, 0.3) is 0 Å². The van der Waals surface area contributed by atoms with Crippen LogP contribution in [0.2, 0.25) is 0 Å². The Morgan fingerprint density at radius 2 is 1.77 bits per heavy atom. The number of carbonyl (C=O) groups excluding carboxylic acids is 1. The van der Waals surface area contributed by atoms with Gasteiger partial charge in [-0.1, -0.05) is 30.3 Å². The first-order valence-electron chi connectivity index (χ1n) is 7.96. The van der Waals surface area contributed by atoms with E-state index in [0.29, 0.717) is 5.56 Å². The number of hydrogen-bond acceptors (Lipinski definition) is 7. The minimum Gasteiger partial charge on any atom is -0.394 e. The third-order valence-electron chi connectivity index (χ3n) is 4.28. The molecule has 0 saturated carbocycles. The van der Waals surface area contributed by atoms with Crippen molar-refractivity contribution in [2.75, 3.05) is 6.61 Å². The lowest BCUT2D eigenvalue weighted by atomic mass is 10.1. The van der Waals surface area contributed by atoms with Crippen LogP contribution in [-0.2, 0) is 11.3 Å². The first-order chi connectivity index (χ1) is 12.4. The lowest BCUT2D eigenvalue weighted by Gasteiger charge is -2.18. The molecular formula is C17H18N2O7. The van der Waals surface area contributed by atoms with E-state index in [1.165, 1.54) is 0 Å². The van der Waals surface area contributed by atoms with Crippen LogP contribution in [0.5, 0.6) is 0 Å². The van der Waals surface area contributed by atoms with Crippen LogP contribution in [0.3, 0.4) is 0 Å². The van der Waals surface area contributed by atoms with Crippen molar-refractivity contribution >= 4 is 5.78 Å². The van der Waals surface area contributed by atoms with Crippen LogP contribution >= 0.6 is 0 Å². The van der Waals surface area contributed by atoms with Gasteiger partial charge in [0.05, 0.1) is 13.2 Å². The van der Waals surface area contributed by atoms with E-state index >= 15 is 0 Å². The normalized spacial score (nSPS) is 25.3. The summed E-state index contributed by atoms with van der Waals surface area (Å²) in [5, 5.41) is 29.0. The Morgan fingerprint density at radius 3 is 2.38 bits per heavy atom. The lowest BCUT2D eigenvalue weighted by Crippen LogP contribution is -2.44. The average molecular weight is 362 g/mol. The van der Waals surface area contributed by atoms with Gasteiger partial charge in [0, 0.05) is 17.8 Å². The zero-order chi connectivity index (χ0) is 18.8. The molecule has 4 unspecified atom stereocenters. The molecule has 3 N–H and O–H groups in total. The molecule has 0 amide bonds. The summed E-state index contributed by atoms with van der Waals surface area (Å²) in [5.74, 6) is -0.427. The standard InChI is InChI=1S/C17H18N2O7/c20-9-12-14(23)15(24)16(26-12)18-7-6-13(22)19(17(18)25)8-11(21)10-4-2-1-3-5-10/h1-7,12,14-16,20,23-24H,8-9H2. The minimum absolute atomic E-state index is 0.349. The summed E-state index contributed by atoms with van der Waals surface area (Å²) in [5.41, 5.74) is -1.19. The van der Waals surface area contributed by atoms with E-state index in [2.05, 4.69) is 0 Å². The van der Waals surface area contributed by atoms with E-state index in [1.54, 1.807) is 30.3 Å². The van der Waals surface area contributed by atoms with Crippen molar-refractivity contribution in [3.05, 3.63) is 69.0 Å². The number of ketones is 1. The Kier molecular flexibility index (Phi) is 5.14. The third kappa shape index (κ3) is 3.25. The van der Waals surface area contributed by atoms with Gasteiger partial charge < -0.3 is 20.1 Å². The zero-order valence-corrected chi connectivity index (χ0v) is 13.6. The molecule has 4 atom stereocenters. The number of carbonyl (C=O) groups is 1. The van der Waals surface area contributed by atoms with Gasteiger partial charge in [0.25, 0.3) is 5.56 Å². The molecule has 2 aromatic rings. The second kappa shape index (κ2) is 7.34. The Bertz CT molecular complexity index is 905. The third-order valence-corrected chi connectivity index (χ3v) is 4.28. The number of ether oxygens (including phenoxy) is 1. The molecule has 26 heavy (non-hydrogen) atoms. The van der Waals surface area contributed by atoms with Gasteiger partial charge in [0.1, 0.15) is 18.3 Å². The van der Waals surface area contributed by atoms with Gasteiger partial charge in [-0.25, -0.2) is 4.79 Å². The van der Waals surface area contributed by atoms with Gasteiger partial charge in [-0.05, 0) is 0 Å². The molecule has 1 aromatic carbocycles. The maximum atomic E-state index is 12.6. The number of aliphatic hydroxyl groups is 3. The van der Waals surface area contributed by atoms with Gasteiger partial charge in [-0.3, -0.25) is 18.7 Å². The summed E-state index contributed by atoms with van der Waals surface area (Å²) >= 11 is 0. The molecule has 9 heteroatoms. The van der Waals surface area contributed by atoms with Gasteiger partial charge >= 0.3 is 5.69 Å². The first-order valence-corrected chi connectivity index (χ1v) is 7.96. The van der Waals surface area contributed by atoms with Gasteiger partial charge in [0.2, 0.25) is 0 Å². The summed E-state index contributed by atoms with van der Waals surface area (Å²) in [6.07, 6.45) is -4.08. The quantitative estimate of drug-likeness (QED) is 0.552. The van der Waals surface area contributed by atoms with Gasteiger partial charge in [-0.15, -0.1) is 0 Å². The van der Waals surface area contributed by atoms with E-state index in [9.17, 15) is 24.6 Å². The van der Waals surface area contributed by atoms with Crippen LogP contribution in [-0.4, -0.2) is 55.2 Å². The first kappa shape index (κ1) is 18.2. The Balaban J connectivity index is 1.94. The minimum atomic E-state index is -1.47. The molecule has 3 rings (SSSR count). The number of rotatable bonds is 5. The molecule has 1 aliphatic heterocycles. The molecule has 1 aliphatic rings. The maximum absolute atomic E-state index is 12.6. The fraction of sp³-hybridized carbons (Fsp3) is 0.353. The van der Waals surface area contributed by atoms with Crippen molar-refractivity contribution in [3.63, 3.8) is 0 Å². The molecule has 0 spiro atoms. The van der Waals surface area contributed by atoms with Crippen molar-refractivity contribution < 1.29 is 24.9 Å². The molecule has 0 bridgehead atoms. The highest BCUT2D eigenvalue weighted by atomic mass is 16.6. The molecule has 1 aromatic heterocycles. The highest BCUT2D eigenvalue weighted by Crippen LogP contribution is 2.27. The van der Waals surface area contributed by atoms with E-state index in [1.807, 2.05) is 0 Å². The van der Waals surface area contributed by atoms with Crippen molar-refractivity contribution in [2.45, 2.75) is 31.1 Å². The van der Waals surface area contributed by atoms with E-state index in [-0.39, 0.29) is 0 Å². The maximum Gasteiger partial charge on any atom is 0.333 e. The Labute approximate surface area is 147 Å². The molecule has 2 heterocycles. The molecule has 138 valence electrons. The Hall–Kier alpha value is -2.59. The van der Waals surface area contributed by atoms with Crippen molar-refractivity contribution in [2.24, 2.45) is 0 Å². The zero-order valence-electron chi connectivity index (χ0n) is 13.6. The molecular weight excluding hydrogens is 344 g/mol. The molecule has 0 radical (unpaired) electrons. The number of aromatic nitrogens is 2. The largest absolute Gasteiger partial charge is 0.394 e. The number of hydrogen-bond donors (Lipinski definition) is 3. The van der Waals surface area contributed by atoms with Gasteiger partial charge in [0.15, 0.2) is 12.0 Å². The van der Waals surface area contributed by atoms with E-state index in [0.717, 1.165) is 21.4 Å². The fourth-order valence-electron chi connectivity index (χ4n) is 2.84. The second-order valence-corrected chi connectivity index (χ2v) is 5.95. The predicted molar refractivity (Wildman–Crippen MR) is 88.7 cm³/mol. The Morgan fingerprint density at radius 1 is 1.08 bits per heavy atom. The topological polar surface area (TPSA) is 131 Å². The second-order valence-electron chi connectivity index (χ2n) is 5.95. The van der Waals surface area contributed by atoms with Crippen molar-refractivity contribution in [1.29, 1.82) is 0 Å². The van der Waals surface area contributed by atoms with Gasteiger partial charge in [-0.2, -0.15) is 0 Å². The molecule has 1 saturated heterocycles. The van der Waals surface area contributed by atoms with Crippen LogP contribution in [0.1, 0.15) is 16.6 Å². The number of benzene rings is 1. The van der Waals surface area contributed by atoms with Crippen molar-refractivity contribution in [1.82, 2.24) is 9.13 Å². The summed E-state index contributed by atoms with van der Waals surface area (Å²) in [4.78, 5) is 37.0. The number of Topliss-reactive ketones (excluding diaryl/α,β-unsaturated/α-hetero) is 1. The van der Waals surface area contributed by atoms with Crippen LogP contribution in [0.4, 0.5) is 0 Å². The van der Waals surface area contributed by atoms with Crippen LogP contribution < -0.4 is 11.2 Å². The van der Waals surface area contributed by atoms with E-state index in [4.69, 9.17) is 9.84 Å². The highest BCUT2D eigenvalue weighted by molar-refractivity contribution is 5.95. The smallest absolute Gasteiger partial charge is 0.333 e. The molecule has 9 nitrogen and oxygen atoms in total. The lowest BCUT2D eigenvalue weighted by molar-refractivity contribution is -0.0555. The average Bonchev–Trinajstić information content (AvgIpc) is 2.94. The fourth-order valence-corrected chi connectivity index (χ4v) is 2.84. The van der Waals surface area contributed by atoms with E-state index < -0.39 is 54.7 Å². The summed E-state index contributed by atoms with van der Waals surface area (Å²) in [6.45, 7) is -1.02. The van der Waals surface area contributed by atoms with Crippen molar-refractivity contribution in [3.8, 4) is 0 Å². The highest BCUT2D eigenvalue weighted by Gasteiger charge is 2.43. The van der Waals surface area contributed by atoms with Crippen LogP contribution in [0.15, 0.2) is 52.2 Å². The molecule has 1 fully saturated rings. The summed E-state index contributed by atoms with van der Waals surface area (Å²) < 4.78 is 6.95. The predicted octanol–water partition coefficient (Wildman–Crippen LogP) is -1.50. The molecule has 0 aliphatic carbocycles. The SMILES string of the molecule is O=C(Cn1c(=O)ccn(C2OC(CO)C(O)C2O)c1=O)c1ccccc1. The van der Waals surface area contributed by atoms with Crippen LogP contribution in [0, 0.1) is 0 Å². The summed E-state index contributed by atoms with van der Waals surface area (Å²) in [6, 6.07) is 9.27. The number of nitrogens with zero attached hydrogens (tertiary/aromatic N) is 2. The monoisotopic (exact) mass is 362 g/mol. The summed E-state index contributed by atoms with van der Waals surface area (Å²) in [7, 11) is 0.